The van der Waals surface area contributed by atoms with Crippen LogP contribution in [0.1, 0.15) is 32.9 Å². The summed E-state index contributed by atoms with van der Waals surface area (Å²) in [6.07, 6.45) is 2.37. The zero-order valence-electron chi connectivity index (χ0n) is 12.5. The van der Waals surface area contributed by atoms with Crippen molar-refractivity contribution in [1.82, 2.24) is 9.88 Å². The maximum absolute atomic E-state index is 12.0. The highest BCUT2D eigenvalue weighted by atomic mass is 35.5. The van der Waals surface area contributed by atoms with Crippen LogP contribution in [-0.2, 0) is 4.74 Å². The normalized spacial score (nSPS) is 15.6. The number of pyridine rings is 1. The number of halogens is 1. The summed E-state index contributed by atoms with van der Waals surface area (Å²) in [4.78, 5) is 17.9. The summed E-state index contributed by atoms with van der Waals surface area (Å²) in [5.41, 5.74) is 7.69. The summed E-state index contributed by atoms with van der Waals surface area (Å²) < 4.78 is 5.36. The van der Waals surface area contributed by atoms with Crippen molar-refractivity contribution in [3.05, 3.63) is 29.1 Å². The molecule has 1 aliphatic heterocycles. The van der Waals surface area contributed by atoms with Crippen LogP contribution in [-0.4, -0.2) is 34.7 Å². The number of carbonyl (C=O) groups excluding carboxylic acids is 1. The number of carbonyl (C=O) groups is 1. The zero-order chi connectivity index (χ0) is 15.6. The SMILES string of the molecule is CC(C)(C)OC(=O)N1CC=C(c2cc(N)cc(Cl)n2)CC1. The summed E-state index contributed by atoms with van der Waals surface area (Å²) in [5, 5.41) is 0.375. The Bertz CT molecular complexity index is 559. The van der Waals surface area contributed by atoms with E-state index in [1.54, 1.807) is 17.0 Å². The van der Waals surface area contributed by atoms with Crippen LogP contribution in [0.4, 0.5) is 10.5 Å². The predicted octanol–water partition coefficient (Wildman–Crippen LogP) is 3.34. The number of ether oxygens (including phenoxy) is 1. The molecule has 0 saturated carbocycles. The number of hydrogen-bond acceptors (Lipinski definition) is 4. The van der Waals surface area contributed by atoms with E-state index in [1.165, 1.54) is 0 Å². The summed E-state index contributed by atoms with van der Waals surface area (Å²) in [6.45, 7) is 6.66. The monoisotopic (exact) mass is 309 g/mol. The van der Waals surface area contributed by atoms with E-state index in [0.717, 1.165) is 11.3 Å². The van der Waals surface area contributed by atoms with Crippen molar-refractivity contribution in [3.63, 3.8) is 0 Å². The summed E-state index contributed by atoms with van der Waals surface area (Å²) >= 11 is 5.92. The highest BCUT2D eigenvalue weighted by molar-refractivity contribution is 6.29. The number of nitrogen functional groups attached to an aromatic ring is 1. The van der Waals surface area contributed by atoms with Gasteiger partial charge in [0.05, 0.1) is 5.69 Å². The van der Waals surface area contributed by atoms with E-state index in [9.17, 15) is 4.79 Å². The van der Waals surface area contributed by atoms with Gasteiger partial charge in [0, 0.05) is 18.8 Å². The molecule has 1 aromatic heterocycles. The van der Waals surface area contributed by atoms with Crippen molar-refractivity contribution in [2.75, 3.05) is 18.8 Å². The Labute approximate surface area is 129 Å². The van der Waals surface area contributed by atoms with Gasteiger partial charge in [-0.3, -0.25) is 0 Å². The van der Waals surface area contributed by atoms with Gasteiger partial charge in [0.15, 0.2) is 0 Å². The number of anilines is 1. The summed E-state index contributed by atoms with van der Waals surface area (Å²) in [7, 11) is 0. The Morgan fingerprint density at radius 2 is 2.14 bits per heavy atom. The van der Waals surface area contributed by atoms with E-state index < -0.39 is 5.60 Å². The van der Waals surface area contributed by atoms with E-state index in [4.69, 9.17) is 22.1 Å². The maximum atomic E-state index is 12.0. The van der Waals surface area contributed by atoms with Gasteiger partial charge < -0.3 is 15.4 Å². The van der Waals surface area contributed by atoms with Crippen molar-refractivity contribution in [3.8, 4) is 0 Å². The van der Waals surface area contributed by atoms with Crippen LogP contribution in [0.5, 0.6) is 0 Å². The first kappa shape index (κ1) is 15.6. The first-order chi connectivity index (χ1) is 9.74. The van der Waals surface area contributed by atoms with Crippen molar-refractivity contribution in [2.45, 2.75) is 32.8 Å². The summed E-state index contributed by atoms with van der Waals surface area (Å²) in [5.74, 6) is 0. The second kappa shape index (κ2) is 5.93. The highest BCUT2D eigenvalue weighted by Gasteiger charge is 2.24. The van der Waals surface area contributed by atoms with E-state index >= 15 is 0 Å². The predicted molar refractivity (Wildman–Crippen MR) is 84.1 cm³/mol. The first-order valence-electron chi connectivity index (χ1n) is 6.85. The van der Waals surface area contributed by atoms with Crippen LogP contribution in [0.3, 0.4) is 0 Å². The number of amides is 1. The Hall–Kier alpha value is -1.75. The third kappa shape index (κ3) is 4.36. The smallest absolute Gasteiger partial charge is 0.410 e. The Balaban J connectivity index is 2.06. The quantitative estimate of drug-likeness (QED) is 0.808. The van der Waals surface area contributed by atoms with Crippen molar-refractivity contribution < 1.29 is 9.53 Å². The largest absolute Gasteiger partial charge is 0.444 e. The molecule has 0 aromatic carbocycles. The molecule has 2 rings (SSSR count). The Morgan fingerprint density at radius 3 is 2.67 bits per heavy atom. The van der Waals surface area contributed by atoms with Crippen LogP contribution in [0.15, 0.2) is 18.2 Å². The van der Waals surface area contributed by atoms with Gasteiger partial charge in [-0.15, -0.1) is 0 Å². The van der Waals surface area contributed by atoms with Gasteiger partial charge >= 0.3 is 6.09 Å². The van der Waals surface area contributed by atoms with Crippen LogP contribution in [0.25, 0.3) is 5.57 Å². The Morgan fingerprint density at radius 1 is 1.43 bits per heavy atom. The molecule has 21 heavy (non-hydrogen) atoms. The molecule has 0 bridgehead atoms. The minimum Gasteiger partial charge on any atom is -0.444 e. The van der Waals surface area contributed by atoms with Gasteiger partial charge in [-0.1, -0.05) is 17.7 Å². The van der Waals surface area contributed by atoms with Gasteiger partial charge in [0.2, 0.25) is 0 Å². The average molecular weight is 310 g/mol. The minimum absolute atomic E-state index is 0.295. The third-order valence-electron chi connectivity index (χ3n) is 3.01. The standard InChI is InChI=1S/C15H20ClN3O2/c1-15(2,3)21-14(20)19-6-4-10(5-7-19)12-8-11(17)9-13(16)18-12/h4,8-9H,5-7H2,1-3H3,(H2,17,18). The van der Waals surface area contributed by atoms with Gasteiger partial charge in [0.25, 0.3) is 0 Å². The molecular formula is C15H20ClN3O2. The van der Waals surface area contributed by atoms with Crippen LogP contribution < -0.4 is 5.73 Å². The number of rotatable bonds is 1. The van der Waals surface area contributed by atoms with Crippen LogP contribution in [0, 0.1) is 0 Å². The van der Waals surface area contributed by atoms with Gasteiger partial charge in [-0.25, -0.2) is 9.78 Å². The van der Waals surface area contributed by atoms with E-state index in [0.29, 0.717) is 30.4 Å². The molecule has 1 amide bonds. The van der Waals surface area contributed by atoms with E-state index in [2.05, 4.69) is 4.98 Å². The molecule has 0 unspecified atom stereocenters. The van der Waals surface area contributed by atoms with Crippen molar-refractivity contribution >= 4 is 29.0 Å². The van der Waals surface area contributed by atoms with Crippen LogP contribution >= 0.6 is 11.6 Å². The number of hydrogen-bond donors (Lipinski definition) is 1. The molecular weight excluding hydrogens is 290 g/mol. The van der Waals surface area contributed by atoms with Crippen molar-refractivity contribution in [2.24, 2.45) is 0 Å². The molecule has 2 N–H and O–H groups in total. The van der Waals surface area contributed by atoms with Gasteiger partial charge in [0.1, 0.15) is 10.8 Å². The molecule has 0 spiro atoms. The molecule has 5 nitrogen and oxygen atoms in total. The Kier molecular flexibility index (Phi) is 4.42. The fraction of sp³-hybridized carbons (Fsp3) is 0.467. The second-order valence-electron chi connectivity index (χ2n) is 6.01. The fourth-order valence-electron chi connectivity index (χ4n) is 2.08. The zero-order valence-corrected chi connectivity index (χ0v) is 13.3. The van der Waals surface area contributed by atoms with Gasteiger partial charge in [-0.05, 0) is 44.9 Å². The van der Waals surface area contributed by atoms with E-state index in [1.807, 2.05) is 26.8 Å². The lowest BCUT2D eigenvalue weighted by atomic mass is 10.0. The topological polar surface area (TPSA) is 68.5 Å². The minimum atomic E-state index is -0.482. The van der Waals surface area contributed by atoms with E-state index in [-0.39, 0.29) is 6.09 Å². The lowest BCUT2D eigenvalue weighted by molar-refractivity contribution is 0.0270. The molecule has 6 heteroatoms. The molecule has 0 radical (unpaired) electrons. The second-order valence-corrected chi connectivity index (χ2v) is 6.40. The average Bonchev–Trinajstić information content (AvgIpc) is 2.35. The molecule has 1 aromatic rings. The number of aromatic nitrogens is 1. The number of nitrogens with zero attached hydrogens (tertiary/aromatic N) is 2. The molecule has 114 valence electrons. The molecule has 1 aliphatic rings. The lowest BCUT2D eigenvalue weighted by Gasteiger charge is -2.29. The molecule has 0 saturated heterocycles. The van der Waals surface area contributed by atoms with Crippen LogP contribution in [0.2, 0.25) is 5.15 Å². The van der Waals surface area contributed by atoms with Crippen molar-refractivity contribution in [1.29, 1.82) is 0 Å². The maximum Gasteiger partial charge on any atom is 0.410 e. The molecule has 0 fully saturated rings. The molecule has 0 aliphatic carbocycles. The highest BCUT2D eigenvalue weighted by Crippen LogP contribution is 2.25. The van der Waals surface area contributed by atoms with Gasteiger partial charge in [-0.2, -0.15) is 0 Å². The first-order valence-corrected chi connectivity index (χ1v) is 7.23. The number of nitrogens with two attached hydrogens (primary N) is 1. The third-order valence-corrected chi connectivity index (χ3v) is 3.20. The summed E-state index contributed by atoms with van der Waals surface area (Å²) in [6, 6.07) is 3.41. The fourth-order valence-corrected chi connectivity index (χ4v) is 2.29. The lowest BCUT2D eigenvalue weighted by Crippen LogP contribution is -2.39. The molecule has 2 heterocycles. The molecule has 0 atom stereocenters.